The number of β-amino-alcohol motifs (C(OH)–C–C–N with tert-alkyl or cyclic N) is 1. The minimum atomic E-state index is -1.73. The van der Waals surface area contributed by atoms with E-state index in [1.165, 1.54) is 133 Å². The lowest BCUT2D eigenvalue weighted by atomic mass is 9.91. The zero-order valence-corrected chi connectivity index (χ0v) is 28.4. The lowest BCUT2D eigenvalue weighted by molar-refractivity contribution is -0.148. The Hall–Kier alpha value is -1.43. The Labute approximate surface area is 265 Å². The van der Waals surface area contributed by atoms with E-state index in [0.29, 0.717) is 6.42 Å². The van der Waals surface area contributed by atoms with Gasteiger partial charge in [0.1, 0.15) is 11.6 Å². The number of likely N-dealkylation sites (tertiary alicyclic amines) is 1. The fourth-order valence-corrected chi connectivity index (χ4v) is 6.54. The van der Waals surface area contributed by atoms with Crippen molar-refractivity contribution in [3.63, 3.8) is 0 Å². The van der Waals surface area contributed by atoms with Crippen molar-refractivity contribution in [3.05, 3.63) is 0 Å². The van der Waals surface area contributed by atoms with Crippen molar-refractivity contribution >= 4 is 17.7 Å². The van der Waals surface area contributed by atoms with Crippen molar-refractivity contribution in [2.24, 2.45) is 0 Å². The van der Waals surface area contributed by atoms with Crippen LogP contribution in [-0.4, -0.2) is 51.0 Å². The Morgan fingerprint density at radius 1 is 0.558 bits per heavy atom. The summed E-state index contributed by atoms with van der Waals surface area (Å²) in [5, 5.41) is 20.8. The number of aliphatic carboxylic acids is 1. The minimum absolute atomic E-state index is 0.182. The molecule has 1 saturated heterocycles. The molecule has 0 aromatic rings. The van der Waals surface area contributed by atoms with E-state index < -0.39 is 17.6 Å². The Morgan fingerprint density at radius 3 is 1.23 bits per heavy atom. The van der Waals surface area contributed by atoms with Crippen molar-refractivity contribution in [1.82, 2.24) is 4.90 Å². The summed E-state index contributed by atoms with van der Waals surface area (Å²) in [6, 6.07) is -1.12. The molecule has 2 N–H and O–H groups in total. The largest absolute Gasteiger partial charge is 0.480 e. The first kappa shape index (κ1) is 39.6. The van der Waals surface area contributed by atoms with Crippen LogP contribution in [0.2, 0.25) is 0 Å². The molecule has 0 aromatic carbocycles. The number of carboxylic acids is 1. The molecule has 6 heteroatoms. The summed E-state index contributed by atoms with van der Waals surface area (Å²) >= 11 is 0. The molecular weight excluding hydrogens is 538 g/mol. The van der Waals surface area contributed by atoms with E-state index in [0.717, 1.165) is 32.1 Å². The number of Topliss-reactive ketones (excluding diaryl/α,β-unsaturated/α-hetero) is 1. The number of unbranched alkanes of at least 4 members (excludes halogenated alkanes) is 24. The van der Waals surface area contributed by atoms with Crippen LogP contribution in [0, 0.1) is 0 Å². The van der Waals surface area contributed by atoms with Crippen LogP contribution in [0.5, 0.6) is 0 Å². The Balaban J connectivity index is 2.17. The molecule has 1 heterocycles. The second-order valence-electron chi connectivity index (χ2n) is 13.5. The van der Waals surface area contributed by atoms with Crippen molar-refractivity contribution in [1.29, 1.82) is 0 Å². The average molecular weight is 608 g/mol. The van der Waals surface area contributed by atoms with Crippen molar-refractivity contribution in [3.8, 4) is 0 Å². The summed E-state index contributed by atoms with van der Waals surface area (Å²) in [4.78, 5) is 38.9. The fraction of sp³-hybridized carbons (Fsp3) is 0.919. The summed E-state index contributed by atoms with van der Waals surface area (Å²) in [7, 11) is 0. The summed E-state index contributed by atoms with van der Waals surface area (Å²) in [5.41, 5.74) is -1.73. The van der Waals surface area contributed by atoms with Gasteiger partial charge in [-0.2, -0.15) is 0 Å². The SMILES string of the molecule is CCCCCCCCCCCCCCCC(=O)N1C[C@@](O)(C(=O)CCCCCCCCCCCCCCC)C[C@H]1C(=O)O. The molecule has 6 nitrogen and oxygen atoms in total. The number of carbonyl (C=O) groups excluding carboxylic acids is 2. The maximum Gasteiger partial charge on any atom is 0.326 e. The molecule has 0 radical (unpaired) electrons. The summed E-state index contributed by atoms with van der Waals surface area (Å²) in [5.74, 6) is -1.69. The standard InChI is InChI=1S/C37H69NO5/c1-3-5-7-9-11-13-15-17-19-21-23-25-27-29-34(39)37(43)31-33(36(41)42)38(32-37)35(40)30-28-26-24-22-20-18-16-14-12-10-8-6-4-2/h33,43H,3-32H2,1-2H3,(H,41,42)/t33-,37+/m0/s1. The highest BCUT2D eigenvalue weighted by Gasteiger charge is 2.51. The number of hydrogen-bond donors (Lipinski definition) is 2. The van der Waals surface area contributed by atoms with Crippen LogP contribution in [0.25, 0.3) is 0 Å². The first-order valence-electron chi connectivity index (χ1n) is 18.6. The highest BCUT2D eigenvalue weighted by Crippen LogP contribution is 2.31. The molecule has 43 heavy (non-hydrogen) atoms. The third kappa shape index (κ3) is 18.9. The number of hydrogen-bond acceptors (Lipinski definition) is 4. The van der Waals surface area contributed by atoms with Gasteiger partial charge < -0.3 is 15.1 Å². The van der Waals surface area contributed by atoms with Crippen molar-refractivity contribution < 1.29 is 24.6 Å². The molecule has 0 bridgehead atoms. The van der Waals surface area contributed by atoms with E-state index in [1.54, 1.807) is 0 Å². The van der Waals surface area contributed by atoms with E-state index in [4.69, 9.17) is 0 Å². The molecule has 252 valence electrons. The molecule has 1 fully saturated rings. The van der Waals surface area contributed by atoms with Crippen molar-refractivity contribution in [2.45, 2.75) is 212 Å². The predicted octanol–water partition coefficient (Wildman–Crippen LogP) is 9.93. The molecule has 0 aliphatic carbocycles. The molecule has 0 aromatic heterocycles. The highest BCUT2D eigenvalue weighted by molar-refractivity contribution is 5.92. The molecule has 1 amide bonds. The lowest BCUT2D eigenvalue weighted by Gasteiger charge is -2.23. The van der Waals surface area contributed by atoms with Crippen LogP contribution >= 0.6 is 0 Å². The van der Waals surface area contributed by atoms with E-state index >= 15 is 0 Å². The number of carbonyl (C=O) groups is 3. The van der Waals surface area contributed by atoms with Crippen LogP contribution in [0.3, 0.4) is 0 Å². The quantitative estimate of drug-likeness (QED) is 0.0792. The van der Waals surface area contributed by atoms with Crippen LogP contribution in [0.15, 0.2) is 0 Å². The first-order valence-corrected chi connectivity index (χ1v) is 18.6. The maximum absolute atomic E-state index is 12.9. The van der Waals surface area contributed by atoms with E-state index in [2.05, 4.69) is 13.8 Å². The van der Waals surface area contributed by atoms with E-state index in [9.17, 15) is 24.6 Å². The average Bonchev–Trinajstić information content (AvgIpc) is 3.37. The Bertz CT molecular complexity index is 726. The molecule has 1 aliphatic heterocycles. The van der Waals surface area contributed by atoms with E-state index in [1.807, 2.05) is 0 Å². The van der Waals surface area contributed by atoms with Gasteiger partial charge in [-0.1, -0.05) is 168 Å². The summed E-state index contributed by atoms with van der Waals surface area (Å²) < 4.78 is 0. The highest BCUT2D eigenvalue weighted by atomic mass is 16.4. The van der Waals surface area contributed by atoms with Gasteiger partial charge in [-0.25, -0.2) is 4.79 Å². The number of ketones is 1. The van der Waals surface area contributed by atoms with Crippen LogP contribution in [-0.2, 0) is 14.4 Å². The monoisotopic (exact) mass is 608 g/mol. The summed E-state index contributed by atoms with van der Waals surface area (Å²) in [6.07, 6.45) is 32.1. The van der Waals surface area contributed by atoms with Gasteiger partial charge in [0.25, 0.3) is 0 Å². The normalized spacial score (nSPS) is 18.4. The third-order valence-corrected chi connectivity index (χ3v) is 9.47. The van der Waals surface area contributed by atoms with Crippen LogP contribution < -0.4 is 0 Å². The third-order valence-electron chi connectivity index (χ3n) is 9.47. The minimum Gasteiger partial charge on any atom is -0.480 e. The van der Waals surface area contributed by atoms with Gasteiger partial charge >= 0.3 is 5.97 Å². The molecule has 0 saturated carbocycles. The molecule has 0 unspecified atom stereocenters. The van der Waals surface area contributed by atoms with E-state index in [-0.39, 0.29) is 37.5 Å². The smallest absolute Gasteiger partial charge is 0.326 e. The molecule has 0 spiro atoms. The van der Waals surface area contributed by atoms with Gasteiger partial charge in [0, 0.05) is 19.3 Å². The Morgan fingerprint density at radius 2 is 0.884 bits per heavy atom. The number of nitrogens with zero attached hydrogens (tertiary/aromatic N) is 1. The number of rotatable bonds is 30. The van der Waals surface area contributed by atoms with Gasteiger partial charge in [0.05, 0.1) is 6.54 Å². The van der Waals surface area contributed by atoms with Crippen LogP contribution in [0.4, 0.5) is 0 Å². The number of aliphatic hydroxyl groups is 1. The summed E-state index contributed by atoms with van der Waals surface area (Å²) in [6.45, 7) is 4.32. The topological polar surface area (TPSA) is 94.9 Å². The zero-order valence-electron chi connectivity index (χ0n) is 28.4. The van der Waals surface area contributed by atoms with Gasteiger partial charge in [0.15, 0.2) is 5.78 Å². The fourth-order valence-electron chi connectivity index (χ4n) is 6.54. The Kier molecular flexibility index (Phi) is 23.8. The van der Waals surface area contributed by atoms with Gasteiger partial charge in [-0.05, 0) is 12.8 Å². The number of carboxylic acid groups (broad SMARTS) is 1. The molecule has 1 rings (SSSR count). The zero-order chi connectivity index (χ0) is 31.6. The lowest BCUT2D eigenvalue weighted by Crippen LogP contribution is -2.43. The number of amides is 1. The molecular formula is C37H69NO5. The van der Waals surface area contributed by atoms with Crippen molar-refractivity contribution in [2.75, 3.05) is 6.54 Å². The molecule has 2 atom stereocenters. The van der Waals surface area contributed by atoms with Crippen LogP contribution in [0.1, 0.15) is 200 Å². The predicted molar refractivity (Wildman–Crippen MR) is 178 cm³/mol. The second-order valence-corrected chi connectivity index (χ2v) is 13.5. The first-order chi connectivity index (χ1) is 20.9. The molecule has 1 aliphatic rings. The second kappa shape index (κ2) is 25.9. The van der Waals surface area contributed by atoms with Gasteiger partial charge in [-0.3, -0.25) is 9.59 Å². The maximum atomic E-state index is 12.9. The van der Waals surface area contributed by atoms with Gasteiger partial charge in [-0.15, -0.1) is 0 Å². The van der Waals surface area contributed by atoms with Gasteiger partial charge in [0.2, 0.25) is 5.91 Å².